The van der Waals surface area contributed by atoms with E-state index in [-0.39, 0.29) is 30.6 Å². The number of amides is 2. The maximum atomic E-state index is 13.5. The van der Waals surface area contributed by atoms with Gasteiger partial charge in [0, 0.05) is 61.8 Å². The molecule has 2 amide bonds. The van der Waals surface area contributed by atoms with Gasteiger partial charge in [0.05, 0.1) is 30.4 Å². The van der Waals surface area contributed by atoms with E-state index in [0.29, 0.717) is 67.4 Å². The Balaban J connectivity index is 1.49. The summed E-state index contributed by atoms with van der Waals surface area (Å²) in [4.78, 5) is 31.1. The zero-order valence-electron chi connectivity index (χ0n) is 29.7. The summed E-state index contributed by atoms with van der Waals surface area (Å²) in [7, 11) is -0.0585. The summed E-state index contributed by atoms with van der Waals surface area (Å²) in [6.07, 6.45) is 5.68. The average Bonchev–Trinajstić information content (AvgIpc) is 3.29. The zero-order chi connectivity index (χ0) is 35.8. The standard InChI is InChI=1S/C37H50ClN3O8S/c1-6-25-14-17-41-23-26(30-12-10-27(38)21-34(30)46-7-2)24-47-33-13-11-29(22-31(33)41)50(44)39-35(42)37(3,4)48-18-8-9-32(25)49-36(43)40(5)28-15-19-45-20-16-28/h8-13,21-22,25-26,28,32H,6-7,14-20,23-24H2,1-5H3,(H,39,42)/b9-8+. The smallest absolute Gasteiger partial charge is 0.410 e. The van der Waals surface area contributed by atoms with Gasteiger partial charge in [0.2, 0.25) is 0 Å². The van der Waals surface area contributed by atoms with Gasteiger partial charge in [-0.15, -0.1) is 0 Å². The van der Waals surface area contributed by atoms with Crippen molar-refractivity contribution in [3.05, 3.63) is 59.1 Å². The molecule has 4 unspecified atom stereocenters. The number of benzene rings is 2. The second kappa shape index (κ2) is 17.3. The molecule has 3 aliphatic rings. The molecule has 0 aliphatic carbocycles. The molecule has 50 heavy (non-hydrogen) atoms. The lowest BCUT2D eigenvalue weighted by Gasteiger charge is -2.34. The van der Waals surface area contributed by atoms with Crippen LogP contribution in [0.4, 0.5) is 10.5 Å². The first-order chi connectivity index (χ1) is 24.0. The monoisotopic (exact) mass is 731 g/mol. The molecular weight excluding hydrogens is 682 g/mol. The van der Waals surface area contributed by atoms with Gasteiger partial charge in [-0.1, -0.05) is 30.7 Å². The minimum atomic E-state index is -1.84. The molecule has 4 atom stereocenters. The van der Waals surface area contributed by atoms with Gasteiger partial charge in [-0.05, 0) is 82.9 Å². The number of rotatable bonds is 6. The number of fused-ring (bicyclic) bond motifs is 1. The second-order valence-corrected chi connectivity index (χ2v) is 15.1. The highest BCUT2D eigenvalue weighted by Crippen LogP contribution is 2.39. The minimum absolute atomic E-state index is 0.0413. The van der Waals surface area contributed by atoms with Crippen LogP contribution in [0.15, 0.2) is 53.4 Å². The Bertz CT molecular complexity index is 1550. The molecule has 2 bridgehead atoms. The lowest BCUT2D eigenvalue weighted by molar-refractivity contribution is -0.139. The Labute approximate surface area is 303 Å². The van der Waals surface area contributed by atoms with Crippen LogP contribution in [0, 0.1) is 5.92 Å². The van der Waals surface area contributed by atoms with E-state index in [1.54, 1.807) is 44.0 Å². The van der Waals surface area contributed by atoms with Crippen molar-refractivity contribution in [2.75, 3.05) is 58.1 Å². The van der Waals surface area contributed by atoms with Gasteiger partial charge in [0.1, 0.15) is 23.2 Å². The predicted octanol–water partition coefficient (Wildman–Crippen LogP) is 6.26. The predicted molar refractivity (Wildman–Crippen MR) is 194 cm³/mol. The van der Waals surface area contributed by atoms with E-state index in [1.165, 1.54) is 0 Å². The first kappa shape index (κ1) is 37.9. The second-order valence-electron chi connectivity index (χ2n) is 13.4. The van der Waals surface area contributed by atoms with E-state index in [2.05, 4.69) is 16.5 Å². The molecule has 3 aliphatic heterocycles. The van der Waals surface area contributed by atoms with Crippen molar-refractivity contribution in [2.45, 2.75) is 81.9 Å². The fourth-order valence-corrected chi connectivity index (χ4v) is 7.63. The van der Waals surface area contributed by atoms with E-state index < -0.39 is 28.6 Å². The van der Waals surface area contributed by atoms with Crippen LogP contribution < -0.4 is 19.1 Å². The molecule has 3 heterocycles. The Kier molecular flexibility index (Phi) is 13.1. The summed E-state index contributed by atoms with van der Waals surface area (Å²) >= 11 is 6.36. The van der Waals surface area contributed by atoms with Gasteiger partial charge in [-0.25, -0.2) is 9.00 Å². The number of nitrogens with one attached hydrogen (secondary N) is 1. The van der Waals surface area contributed by atoms with Gasteiger partial charge in [-0.2, -0.15) is 0 Å². The van der Waals surface area contributed by atoms with Gasteiger partial charge in [0.25, 0.3) is 5.91 Å². The normalized spacial score (nSPS) is 25.4. The molecule has 2 aromatic rings. The fraction of sp³-hybridized carbons (Fsp3) is 0.568. The lowest BCUT2D eigenvalue weighted by Crippen LogP contribution is -2.45. The third kappa shape index (κ3) is 9.31. The number of hydrogen-bond donors (Lipinski definition) is 1. The van der Waals surface area contributed by atoms with Crippen LogP contribution in [0.25, 0.3) is 0 Å². The van der Waals surface area contributed by atoms with Crippen molar-refractivity contribution in [1.29, 1.82) is 0 Å². The van der Waals surface area contributed by atoms with Crippen molar-refractivity contribution in [1.82, 2.24) is 9.62 Å². The molecule has 1 saturated heterocycles. The van der Waals surface area contributed by atoms with Gasteiger partial charge in [0.15, 0.2) is 11.0 Å². The quantitative estimate of drug-likeness (QED) is 0.344. The summed E-state index contributed by atoms with van der Waals surface area (Å²) < 4.78 is 46.2. The molecule has 0 aromatic heterocycles. The maximum absolute atomic E-state index is 13.5. The molecule has 13 heteroatoms. The zero-order valence-corrected chi connectivity index (χ0v) is 31.2. The molecule has 2 aromatic carbocycles. The van der Waals surface area contributed by atoms with Crippen molar-refractivity contribution < 1.29 is 37.5 Å². The highest BCUT2D eigenvalue weighted by molar-refractivity contribution is 7.83. The van der Waals surface area contributed by atoms with Crippen LogP contribution in [0.2, 0.25) is 5.02 Å². The number of halogens is 1. The molecular formula is C37H50ClN3O8S. The minimum Gasteiger partial charge on any atom is -0.494 e. The molecule has 1 N–H and O–H groups in total. The van der Waals surface area contributed by atoms with Crippen LogP contribution in [0.3, 0.4) is 0 Å². The molecule has 0 radical (unpaired) electrons. The molecule has 1 fully saturated rings. The highest BCUT2D eigenvalue weighted by atomic mass is 35.5. The molecule has 0 spiro atoms. The lowest BCUT2D eigenvalue weighted by atomic mass is 9.93. The Morgan fingerprint density at radius 1 is 1.14 bits per heavy atom. The van der Waals surface area contributed by atoms with Crippen LogP contribution in [-0.2, 0) is 30.0 Å². The Morgan fingerprint density at radius 3 is 2.66 bits per heavy atom. The largest absolute Gasteiger partial charge is 0.494 e. The Morgan fingerprint density at radius 2 is 1.92 bits per heavy atom. The van der Waals surface area contributed by atoms with Crippen LogP contribution in [-0.4, -0.2) is 92.0 Å². The molecule has 0 saturated carbocycles. The van der Waals surface area contributed by atoms with Gasteiger partial charge < -0.3 is 33.5 Å². The van der Waals surface area contributed by atoms with E-state index in [0.717, 1.165) is 30.5 Å². The summed E-state index contributed by atoms with van der Waals surface area (Å²) in [6, 6.07) is 11.1. The SMILES string of the molecule is CCOc1cc(Cl)ccc1C1COc2ccc3cc2N(CCC(CC)C(OC(=O)N(C)C2CCOCC2)/C=C/COC(C)(C)C(=O)NS3=O)C1. The number of nitrogens with zero attached hydrogens (tertiary/aromatic N) is 2. The average molecular weight is 732 g/mol. The fourth-order valence-electron chi connectivity index (χ4n) is 6.53. The van der Waals surface area contributed by atoms with E-state index in [1.807, 2.05) is 37.3 Å². The van der Waals surface area contributed by atoms with Gasteiger partial charge >= 0.3 is 6.09 Å². The first-order valence-electron chi connectivity index (χ1n) is 17.5. The third-order valence-corrected chi connectivity index (χ3v) is 11.0. The van der Waals surface area contributed by atoms with E-state index in [4.69, 9.17) is 35.3 Å². The van der Waals surface area contributed by atoms with Crippen molar-refractivity contribution in [2.24, 2.45) is 5.92 Å². The number of carbonyl (C=O) groups excluding carboxylic acids is 2. The number of hydrogen-bond acceptors (Lipinski definition) is 9. The van der Waals surface area contributed by atoms with Crippen LogP contribution >= 0.6 is 11.6 Å². The summed E-state index contributed by atoms with van der Waals surface area (Å²) in [5, 5.41) is 0.588. The molecule has 11 nitrogen and oxygen atoms in total. The number of carbonyl (C=O) groups is 2. The van der Waals surface area contributed by atoms with Crippen molar-refractivity contribution in [3.63, 3.8) is 0 Å². The summed E-state index contributed by atoms with van der Waals surface area (Å²) in [6.45, 7) is 10.7. The van der Waals surface area contributed by atoms with Gasteiger partial charge in [-0.3, -0.25) is 9.52 Å². The summed E-state index contributed by atoms with van der Waals surface area (Å²) in [5.41, 5.74) is 0.467. The van der Waals surface area contributed by atoms with E-state index in [9.17, 15) is 13.8 Å². The summed E-state index contributed by atoms with van der Waals surface area (Å²) in [5.74, 6) is 0.712. The number of anilines is 1. The molecule has 5 rings (SSSR count). The van der Waals surface area contributed by atoms with Crippen molar-refractivity contribution in [3.8, 4) is 11.5 Å². The van der Waals surface area contributed by atoms with Crippen LogP contribution in [0.1, 0.15) is 64.9 Å². The first-order valence-corrected chi connectivity index (χ1v) is 19.0. The third-order valence-electron chi connectivity index (χ3n) is 9.70. The highest BCUT2D eigenvalue weighted by Gasteiger charge is 2.33. The van der Waals surface area contributed by atoms with E-state index >= 15 is 0 Å². The Hall–Kier alpha value is -3.32. The topological polar surface area (TPSA) is 116 Å². The van der Waals surface area contributed by atoms with Crippen molar-refractivity contribution >= 4 is 40.3 Å². The van der Waals surface area contributed by atoms with Crippen LogP contribution in [0.5, 0.6) is 11.5 Å². The number of ether oxygens (including phenoxy) is 5. The maximum Gasteiger partial charge on any atom is 0.410 e. The molecule has 274 valence electrons.